The Hall–Kier alpha value is 2.45. The van der Waals surface area contributed by atoms with Crippen LogP contribution < -0.4 is 5.10 Å². The molecule has 0 aromatic carbocycles. The monoisotopic (exact) mass is 363 g/mol. The average molecular weight is 363 g/mol. The van der Waals surface area contributed by atoms with E-state index in [4.69, 9.17) is 0 Å². The Morgan fingerprint density at radius 2 is 1.60 bits per heavy atom. The molecule has 1 rings (SSSR count). The molecular weight excluding hydrogens is 357 g/mol. The number of nitrogens with zero attached hydrogens (tertiary/aromatic N) is 3. The predicted octanol–water partition coefficient (Wildman–Crippen LogP) is 0.0431. The number of rotatable bonds is 0. The molecule has 0 aliphatic rings. The van der Waals surface area contributed by atoms with Crippen molar-refractivity contribution in [2.75, 3.05) is 0 Å². The van der Waals surface area contributed by atoms with E-state index in [0.717, 1.165) is 11.6 Å². The first-order valence-electron chi connectivity index (χ1n) is 2.09. The Morgan fingerprint density at radius 1 is 1.10 bits per heavy atom. The van der Waals surface area contributed by atoms with Crippen molar-refractivity contribution >= 4 is 0 Å². The third-order valence-corrected chi connectivity index (χ3v) is 0.663. The van der Waals surface area contributed by atoms with Gasteiger partial charge in [-0.2, -0.15) is 0 Å². The molecule has 47 valence electrons. The molecule has 0 unspecified atom stereocenters. The van der Waals surface area contributed by atoms with E-state index < -0.39 is 0 Å². The fraction of sp³-hybridized carbons (Fsp3) is 0.500. The van der Waals surface area contributed by atoms with Gasteiger partial charge in [-0.15, -0.1) is 0 Å². The normalized spacial score (nSPS) is 6.60. The molecule has 0 spiro atoms. The topological polar surface area (TPSA) is 39.9 Å². The van der Waals surface area contributed by atoms with Gasteiger partial charge in [0.2, 0.25) is 0 Å². The standard InChI is InChI=1S/C4H6N3.3Y/c1-3-5-4(2)7-6-3;;;/h1-2H3;;;/q-1;;;. The fourth-order valence-corrected chi connectivity index (χ4v) is 0.424. The molecule has 0 saturated carbocycles. The zero-order valence-corrected chi connectivity index (χ0v) is 14.6. The van der Waals surface area contributed by atoms with Crippen LogP contribution in [0.15, 0.2) is 0 Å². The first kappa shape index (κ1) is 18.3. The molecule has 1 aromatic heterocycles. The molecule has 0 atom stereocenters. The molecule has 3 radical (unpaired) electrons. The number of aromatic nitrogens is 3. The van der Waals surface area contributed by atoms with Crippen molar-refractivity contribution in [2.45, 2.75) is 13.8 Å². The maximum Gasteiger partial charge on any atom is 0.0233 e. The van der Waals surface area contributed by atoms with Gasteiger partial charge in [0.25, 0.3) is 0 Å². The minimum absolute atomic E-state index is 0. The van der Waals surface area contributed by atoms with Gasteiger partial charge in [-0.1, -0.05) is 5.82 Å². The van der Waals surface area contributed by atoms with E-state index in [1.807, 2.05) is 13.8 Å². The van der Waals surface area contributed by atoms with Crippen LogP contribution in [0.2, 0.25) is 0 Å². The summed E-state index contributed by atoms with van der Waals surface area (Å²) in [6.07, 6.45) is 0. The molecule has 0 N–H and O–H groups in total. The predicted molar refractivity (Wildman–Crippen MR) is 24.8 cm³/mol. The number of hydrogen-bond acceptors (Lipinski definition) is 2. The van der Waals surface area contributed by atoms with Crippen molar-refractivity contribution in [3.05, 3.63) is 11.6 Å². The maximum atomic E-state index is 3.89. The third-order valence-electron chi connectivity index (χ3n) is 0.663. The van der Waals surface area contributed by atoms with Crippen molar-refractivity contribution in [3.63, 3.8) is 0 Å². The average Bonchev–Trinajstić information content (AvgIpc) is 1.87. The van der Waals surface area contributed by atoms with Gasteiger partial charge < -0.3 is 10.1 Å². The van der Waals surface area contributed by atoms with Gasteiger partial charge in [0.05, 0.1) is 0 Å². The van der Waals surface area contributed by atoms with Crippen molar-refractivity contribution in [2.24, 2.45) is 0 Å². The van der Waals surface area contributed by atoms with Gasteiger partial charge in [0.1, 0.15) is 0 Å². The smallest absolute Gasteiger partial charge is 0.0233 e. The van der Waals surface area contributed by atoms with Gasteiger partial charge in [-0.05, 0) is 13.8 Å². The van der Waals surface area contributed by atoms with Crippen LogP contribution in [0, 0.1) is 13.8 Å². The van der Waals surface area contributed by atoms with Gasteiger partial charge in [-0.3, -0.25) is 5.10 Å². The summed E-state index contributed by atoms with van der Waals surface area (Å²) in [7, 11) is 0. The molecule has 1 heterocycles. The van der Waals surface area contributed by atoms with Gasteiger partial charge in [0.15, 0.2) is 0 Å². The minimum Gasteiger partial charge on any atom is -0.427 e. The molecule has 3 nitrogen and oxygen atoms in total. The summed E-state index contributed by atoms with van der Waals surface area (Å²) in [6, 6.07) is 0. The largest absolute Gasteiger partial charge is 0.427 e. The van der Waals surface area contributed by atoms with Crippen LogP contribution in [0.5, 0.6) is 0 Å². The number of hydrogen-bond donors (Lipinski definition) is 0. The Balaban J connectivity index is -0.000000163. The summed E-state index contributed by atoms with van der Waals surface area (Å²) >= 11 is 0. The fourth-order valence-electron chi connectivity index (χ4n) is 0.424. The SMILES string of the molecule is Cc1n[n-]c(C)n1.[Y].[Y].[Y]. The molecule has 0 amide bonds. The number of aryl methyl sites for hydroxylation is 2. The van der Waals surface area contributed by atoms with E-state index in [-0.39, 0.29) is 98.1 Å². The second-order valence-electron chi connectivity index (χ2n) is 1.41. The molecule has 0 fully saturated rings. The molecule has 0 aliphatic carbocycles. The van der Waals surface area contributed by atoms with Crippen molar-refractivity contribution in [1.29, 1.82) is 0 Å². The second kappa shape index (κ2) is 9.54. The summed E-state index contributed by atoms with van der Waals surface area (Å²) in [4.78, 5) is 3.89. The van der Waals surface area contributed by atoms with Crippen molar-refractivity contribution in [3.8, 4) is 0 Å². The van der Waals surface area contributed by atoms with Crippen LogP contribution in [-0.4, -0.2) is 10.1 Å². The summed E-state index contributed by atoms with van der Waals surface area (Å²) in [5, 5.41) is 7.31. The first-order chi connectivity index (χ1) is 3.29. The first-order valence-corrected chi connectivity index (χ1v) is 2.09. The molecule has 6 heteroatoms. The Bertz CT molecular complexity index is 148. The van der Waals surface area contributed by atoms with E-state index in [0.29, 0.717) is 0 Å². The molecule has 0 bridgehead atoms. The second-order valence-corrected chi connectivity index (χ2v) is 1.41. The van der Waals surface area contributed by atoms with Crippen LogP contribution in [0.4, 0.5) is 0 Å². The van der Waals surface area contributed by atoms with Crippen molar-refractivity contribution in [1.82, 2.24) is 15.2 Å². The molecule has 10 heavy (non-hydrogen) atoms. The Kier molecular flexibility index (Phi) is 17.4. The van der Waals surface area contributed by atoms with E-state index in [9.17, 15) is 0 Å². The third kappa shape index (κ3) is 7.12. The summed E-state index contributed by atoms with van der Waals surface area (Å²) in [6.45, 7) is 3.64. The van der Waals surface area contributed by atoms with Gasteiger partial charge in [-0.25, -0.2) is 0 Å². The Morgan fingerprint density at radius 3 is 1.70 bits per heavy atom. The maximum absolute atomic E-state index is 3.89. The summed E-state index contributed by atoms with van der Waals surface area (Å²) < 4.78 is 0. The van der Waals surface area contributed by atoms with Gasteiger partial charge >= 0.3 is 0 Å². The zero-order chi connectivity index (χ0) is 5.28. The summed E-state index contributed by atoms with van der Waals surface area (Å²) in [5.41, 5.74) is 0. The zero-order valence-electron chi connectivity index (χ0n) is 6.07. The van der Waals surface area contributed by atoms with E-state index in [1.54, 1.807) is 0 Å². The van der Waals surface area contributed by atoms with Crippen LogP contribution in [0.25, 0.3) is 0 Å². The van der Waals surface area contributed by atoms with Crippen molar-refractivity contribution < 1.29 is 98.1 Å². The Labute approximate surface area is 136 Å². The van der Waals surface area contributed by atoms with Crippen LogP contribution in [0.3, 0.4) is 0 Å². The molecule has 0 saturated heterocycles. The molecule has 1 aromatic rings. The van der Waals surface area contributed by atoms with E-state index >= 15 is 0 Å². The molecule has 0 aliphatic heterocycles. The quantitative estimate of drug-likeness (QED) is 0.654. The van der Waals surface area contributed by atoms with E-state index in [2.05, 4.69) is 15.2 Å². The summed E-state index contributed by atoms with van der Waals surface area (Å²) in [5.74, 6) is 1.50. The minimum atomic E-state index is 0. The molecular formula is C4H6N3Y3-. The van der Waals surface area contributed by atoms with Crippen LogP contribution in [0.1, 0.15) is 11.6 Å². The van der Waals surface area contributed by atoms with Gasteiger partial charge in [0, 0.05) is 104 Å². The van der Waals surface area contributed by atoms with Crippen LogP contribution in [-0.2, 0) is 98.1 Å². The van der Waals surface area contributed by atoms with Crippen LogP contribution >= 0.6 is 0 Å². The van der Waals surface area contributed by atoms with E-state index in [1.165, 1.54) is 0 Å².